The Hall–Kier alpha value is -1.36. The number of nitrogens with zero attached hydrogens (tertiary/aromatic N) is 3. The number of carbonyl (C=O) groups is 1. The van der Waals surface area contributed by atoms with Gasteiger partial charge >= 0.3 is 0 Å². The number of aromatic amines is 1. The van der Waals surface area contributed by atoms with Crippen molar-refractivity contribution < 1.29 is 4.79 Å². The normalized spacial score (nSPS) is 17.5. The van der Waals surface area contributed by atoms with Gasteiger partial charge in [0.1, 0.15) is 0 Å². The molecule has 5 heteroatoms. The number of piperazine rings is 1. The van der Waals surface area contributed by atoms with E-state index in [-0.39, 0.29) is 5.91 Å². The number of likely N-dealkylation sites (N-methyl/N-ethyl adjacent to an activating group) is 1. The average molecular weight is 236 g/mol. The van der Waals surface area contributed by atoms with E-state index < -0.39 is 0 Å². The number of rotatable bonds is 2. The van der Waals surface area contributed by atoms with Gasteiger partial charge in [0.2, 0.25) is 5.91 Å². The molecule has 0 bridgehead atoms. The standard InChI is InChI=1S/C12H20N4O/c1-9-11(10(2)14-13-9)8-12(17)16-6-4-15(3)5-7-16/h4-8H2,1-3H3,(H,13,14). The van der Waals surface area contributed by atoms with Crippen molar-refractivity contribution in [1.82, 2.24) is 20.0 Å². The van der Waals surface area contributed by atoms with Crippen LogP contribution < -0.4 is 0 Å². The van der Waals surface area contributed by atoms with Gasteiger partial charge in [-0.05, 0) is 20.9 Å². The molecule has 1 aromatic rings. The van der Waals surface area contributed by atoms with E-state index in [9.17, 15) is 4.79 Å². The largest absolute Gasteiger partial charge is 0.340 e. The Morgan fingerprint density at radius 3 is 2.47 bits per heavy atom. The highest BCUT2D eigenvalue weighted by atomic mass is 16.2. The van der Waals surface area contributed by atoms with Gasteiger partial charge in [-0.3, -0.25) is 9.89 Å². The van der Waals surface area contributed by atoms with E-state index in [2.05, 4.69) is 22.1 Å². The maximum atomic E-state index is 12.1. The first-order valence-corrected chi connectivity index (χ1v) is 6.04. The molecule has 0 aliphatic carbocycles. The van der Waals surface area contributed by atoms with Gasteiger partial charge in [-0.15, -0.1) is 0 Å². The summed E-state index contributed by atoms with van der Waals surface area (Å²) in [4.78, 5) is 16.3. The van der Waals surface area contributed by atoms with E-state index in [1.807, 2.05) is 18.7 Å². The first-order chi connectivity index (χ1) is 8.08. The summed E-state index contributed by atoms with van der Waals surface area (Å²) in [6.07, 6.45) is 0.470. The molecule has 2 rings (SSSR count). The third-order valence-corrected chi connectivity index (χ3v) is 3.46. The number of hydrogen-bond donors (Lipinski definition) is 1. The van der Waals surface area contributed by atoms with Crippen LogP contribution in [0.1, 0.15) is 17.0 Å². The van der Waals surface area contributed by atoms with E-state index in [1.54, 1.807) is 0 Å². The third kappa shape index (κ3) is 2.66. The lowest BCUT2D eigenvalue weighted by Crippen LogP contribution is -2.47. The van der Waals surface area contributed by atoms with E-state index in [0.29, 0.717) is 6.42 Å². The Morgan fingerprint density at radius 1 is 1.29 bits per heavy atom. The number of amides is 1. The molecule has 0 radical (unpaired) electrons. The Morgan fingerprint density at radius 2 is 1.94 bits per heavy atom. The fourth-order valence-corrected chi connectivity index (χ4v) is 2.15. The maximum Gasteiger partial charge on any atom is 0.227 e. The van der Waals surface area contributed by atoms with Gasteiger partial charge in [0.15, 0.2) is 0 Å². The molecule has 1 saturated heterocycles. The van der Waals surface area contributed by atoms with E-state index in [0.717, 1.165) is 43.1 Å². The molecule has 1 fully saturated rings. The number of nitrogens with one attached hydrogen (secondary N) is 1. The molecule has 1 aromatic heterocycles. The molecule has 94 valence electrons. The van der Waals surface area contributed by atoms with Crippen molar-refractivity contribution in [3.8, 4) is 0 Å². The third-order valence-electron chi connectivity index (χ3n) is 3.46. The summed E-state index contributed by atoms with van der Waals surface area (Å²) in [7, 11) is 2.09. The first-order valence-electron chi connectivity index (χ1n) is 6.04. The number of aromatic nitrogens is 2. The Bertz CT molecular complexity index is 385. The van der Waals surface area contributed by atoms with Crippen LogP contribution in [-0.2, 0) is 11.2 Å². The Kier molecular flexibility index (Phi) is 3.47. The molecule has 1 N–H and O–H groups in total. The van der Waals surface area contributed by atoms with Gasteiger partial charge in [0.05, 0.1) is 12.1 Å². The molecule has 1 amide bonds. The predicted octanol–water partition coefficient (Wildman–Crippen LogP) is 0.343. The van der Waals surface area contributed by atoms with Crippen LogP contribution in [0.15, 0.2) is 0 Å². The molecular weight excluding hydrogens is 216 g/mol. The van der Waals surface area contributed by atoms with Crippen LogP contribution in [0.5, 0.6) is 0 Å². The first kappa shape index (κ1) is 12.1. The van der Waals surface area contributed by atoms with E-state index in [4.69, 9.17) is 0 Å². The molecule has 1 aliphatic heterocycles. The van der Waals surface area contributed by atoms with Crippen LogP contribution in [0, 0.1) is 13.8 Å². The molecule has 0 unspecified atom stereocenters. The van der Waals surface area contributed by atoms with Crippen molar-refractivity contribution in [2.24, 2.45) is 0 Å². The van der Waals surface area contributed by atoms with Crippen LogP contribution in [-0.4, -0.2) is 59.1 Å². The number of aryl methyl sites for hydroxylation is 2. The summed E-state index contributed by atoms with van der Waals surface area (Å²) < 4.78 is 0. The summed E-state index contributed by atoms with van der Waals surface area (Å²) in [6.45, 7) is 7.52. The second kappa shape index (κ2) is 4.87. The summed E-state index contributed by atoms with van der Waals surface area (Å²) >= 11 is 0. The molecule has 0 aromatic carbocycles. The van der Waals surface area contributed by atoms with E-state index >= 15 is 0 Å². The second-order valence-electron chi connectivity index (χ2n) is 4.77. The van der Waals surface area contributed by atoms with Crippen LogP contribution >= 0.6 is 0 Å². The van der Waals surface area contributed by atoms with Gasteiger partial charge in [-0.1, -0.05) is 0 Å². The molecule has 1 aliphatic rings. The van der Waals surface area contributed by atoms with E-state index in [1.165, 1.54) is 0 Å². The monoisotopic (exact) mass is 236 g/mol. The van der Waals surface area contributed by atoms with Crippen LogP contribution in [0.4, 0.5) is 0 Å². The van der Waals surface area contributed by atoms with Crippen LogP contribution in [0.25, 0.3) is 0 Å². The number of hydrogen-bond acceptors (Lipinski definition) is 3. The molecule has 17 heavy (non-hydrogen) atoms. The highest BCUT2D eigenvalue weighted by Gasteiger charge is 2.20. The fourth-order valence-electron chi connectivity index (χ4n) is 2.15. The molecule has 2 heterocycles. The number of carbonyl (C=O) groups excluding carboxylic acids is 1. The van der Waals surface area contributed by atoms with Gasteiger partial charge in [0.25, 0.3) is 0 Å². The van der Waals surface area contributed by atoms with Crippen molar-refractivity contribution in [3.05, 3.63) is 17.0 Å². The lowest BCUT2D eigenvalue weighted by Gasteiger charge is -2.32. The summed E-state index contributed by atoms with van der Waals surface area (Å²) in [5.41, 5.74) is 2.99. The Labute approximate surface area is 102 Å². The number of H-pyrrole nitrogens is 1. The van der Waals surface area contributed by atoms with Crippen LogP contribution in [0.3, 0.4) is 0 Å². The molecule has 5 nitrogen and oxygen atoms in total. The fraction of sp³-hybridized carbons (Fsp3) is 0.667. The second-order valence-corrected chi connectivity index (χ2v) is 4.77. The lowest BCUT2D eigenvalue weighted by molar-refractivity contribution is -0.132. The molecule has 0 spiro atoms. The highest BCUT2D eigenvalue weighted by molar-refractivity contribution is 5.79. The minimum absolute atomic E-state index is 0.214. The smallest absolute Gasteiger partial charge is 0.227 e. The van der Waals surface area contributed by atoms with Crippen molar-refractivity contribution >= 4 is 5.91 Å². The molecular formula is C12H20N4O. The quantitative estimate of drug-likeness (QED) is 0.806. The maximum absolute atomic E-state index is 12.1. The summed E-state index contributed by atoms with van der Waals surface area (Å²) in [5.74, 6) is 0.214. The average Bonchev–Trinajstić information content (AvgIpc) is 2.61. The topological polar surface area (TPSA) is 52.2 Å². The minimum Gasteiger partial charge on any atom is -0.340 e. The van der Waals surface area contributed by atoms with Crippen molar-refractivity contribution in [2.45, 2.75) is 20.3 Å². The Balaban J connectivity index is 1.98. The van der Waals surface area contributed by atoms with Crippen molar-refractivity contribution in [1.29, 1.82) is 0 Å². The SMILES string of the molecule is Cc1n[nH]c(C)c1CC(=O)N1CCN(C)CC1. The zero-order valence-electron chi connectivity index (χ0n) is 10.8. The predicted molar refractivity (Wildman–Crippen MR) is 65.8 cm³/mol. The van der Waals surface area contributed by atoms with Crippen LogP contribution in [0.2, 0.25) is 0 Å². The lowest BCUT2D eigenvalue weighted by atomic mass is 10.1. The summed E-state index contributed by atoms with van der Waals surface area (Å²) in [6, 6.07) is 0. The minimum atomic E-state index is 0.214. The molecule has 0 atom stereocenters. The van der Waals surface area contributed by atoms with Crippen molar-refractivity contribution in [3.63, 3.8) is 0 Å². The summed E-state index contributed by atoms with van der Waals surface area (Å²) in [5, 5.41) is 7.05. The van der Waals surface area contributed by atoms with Gasteiger partial charge in [-0.2, -0.15) is 5.10 Å². The zero-order chi connectivity index (χ0) is 12.4. The molecule has 0 saturated carbocycles. The van der Waals surface area contributed by atoms with Gasteiger partial charge in [-0.25, -0.2) is 0 Å². The highest BCUT2D eigenvalue weighted by Crippen LogP contribution is 2.12. The van der Waals surface area contributed by atoms with Gasteiger partial charge in [0, 0.05) is 37.4 Å². The van der Waals surface area contributed by atoms with Crippen molar-refractivity contribution in [2.75, 3.05) is 33.2 Å². The van der Waals surface area contributed by atoms with Gasteiger partial charge < -0.3 is 9.80 Å². The zero-order valence-corrected chi connectivity index (χ0v) is 10.8.